The molecule has 3 aromatic rings. The molecule has 4 heterocycles. The van der Waals surface area contributed by atoms with Crippen LogP contribution in [0.3, 0.4) is 0 Å². The number of piperidine rings is 1. The number of aromatic nitrogens is 4. The van der Waals surface area contributed by atoms with Gasteiger partial charge in [-0.15, -0.1) is 0 Å². The number of anilines is 1. The minimum atomic E-state index is -0.970. The number of nitrogens with one attached hydrogen (secondary N) is 1. The predicted octanol–water partition coefficient (Wildman–Crippen LogP) is 3.09. The molecule has 2 bridgehead atoms. The van der Waals surface area contributed by atoms with Crippen LogP contribution in [0.15, 0.2) is 49.3 Å². The highest BCUT2D eigenvalue weighted by Gasteiger charge is 2.51. The predicted molar refractivity (Wildman–Crippen MR) is 113 cm³/mol. The number of hydrogen-bond acceptors (Lipinski definition) is 6. The van der Waals surface area contributed by atoms with Crippen LogP contribution >= 0.6 is 0 Å². The van der Waals surface area contributed by atoms with E-state index in [0.29, 0.717) is 23.1 Å². The van der Waals surface area contributed by atoms with Gasteiger partial charge in [0.2, 0.25) is 0 Å². The lowest BCUT2D eigenvalue weighted by molar-refractivity contribution is 0.111. The van der Waals surface area contributed by atoms with Crippen LogP contribution in [0.2, 0.25) is 0 Å². The largest absolute Gasteiger partial charge is 0.507 e. The summed E-state index contributed by atoms with van der Waals surface area (Å²) in [5.74, 6) is 0.745. The zero-order valence-electron chi connectivity index (χ0n) is 17.0. The van der Waals surface area contributed by atoms with Crippen LogP contribution in [-0.4, -0.2) is 55.5 Å². The fraction of sp³-hybridized carbons (Fsp3) is 0.409. The van der Waals surface area contributed by atoms with Gasteiger partial charge in [0.25, 0.3) is 0 Å². The number of alkyl halides is 1. The van der Waals surface area contributed by atoms with Crippen molar-refractivity contribution in [2.24, 2.45) is 0 Å². The van der Waals surface area contributed by atoms with Crippen molar-refractivity contribution in [2.75, 3.05) is 11.9 Å². The summed E-state index contributed by atoms with van der Waals surface area (Å²) >= 11 is 0. The van der Waals surface area contributed by atoms with E-state index in [1.165, 1.54) is 0 Å². The summed E-state index contributed by atoms with van der Waals surface area (Å²) in [6.45, 7) is 1.97. The average Bonchev–Trinajstić information content (AvgIpc) is 3.40. The summed E-state index contributed by atoms with van der Waals surface area (Å²) in [7, 11) is 1.88. The van der Waals surface area contributed by atoms with Crippen molar-refractivity contribution in [3.8, 4) is 22.7 Å². The van der Waals surface area contributed by atoms with Gasteiger partial charge in [-0.1, -0.05) is 0 Å². The number of nitrogens with zero attached hydrogens (tertiary/aromatic N) is 5. The molecule has 0 amide bonds. The molecular formula is C22H25FN6O. The van der Waals surface area contributed by atoms with Crippen molar-refractivity contribution in [3.63, 3.8) is 0 Å². The van der Waals surface area contributed by atoms with Gasteiger partial charge in [-0.25, -0.2) is 14.4 Å². The van der Waals surface area contributed by atoms with Crippen LogP contribution in [0, 0.1) is 0 Å². The van der Waals surface area contributed by atoms with Crippen molar-refractivity contribution in [1.82, 2.24) is 24.8 Å². The summed E-state index contributed by atoms with van der Waals surface area (Å²) in [5.41, 5.74) is 1.51. The average molecular weight is 408 g/mol. The molecule has 5 rings (SSSR count). The Morgan fingerprint density at radius 2 is 2.17 bits per heavy atom. The van der Waals surface area contributed by atoms with Crippen LogP contribution < -0.4 is 10.2 Å². The van der Waals surface area contributed by atoms with Crippen LogP contribution in [-0.2, 0) is 0 Å². The summed E-state index contributed by atoms with van der Waals surface area (Å²) in [5, 5.41) is 13.9. The number of phenolic OH excluding ortho intramolecular Hbond substituents is 1. The number of aromatic hydroxyl groups is 1. The first-order chi connectivity index (χ1) is 14.4. The summed E-state index contributed by atoms with van der Waals surface area (Å²) in [6.07, 6.45) is 10.1. The third kappa shape index (κ3) is 3.11. The number of hydrogen-bond donors (Lipinski definition) is 2. The van der Waals surface area contributed by atoms with Gasteiger partial charge in [0, 0.05) is 42.7 Å². The minimum Gasteiger partial charge on any atom is -0.507 e. The van der Waals surface area contributed by atoms with E-state index in [-0.39, 0.29) is 11.8 Å². The monoisotopic (exact) mass is 408 g/mol. The molecule has 4 atom stereocenters. The first-order valence-corrected chi connectivity index (χ1v) is 10.2. The number of halogens is 1. The maximum Gasteiger partial charge on any atom is 0.147 e. The highest BCUT2D eigenvalue weighted by Crippen LogP contribution is 2.40. The smallest absolute Gasteiger partial charge is 0.147 e. The molecule has 0 radical (unpaired) electrons. The zero-order valence-corrected chi connectivity index (χ0v) is 17.0. The van der Waals surface area contributed by atoms with Gasteiger partial charge >= 0.3 is 0 Å². The summed E-state index contributed by atoms with van der Waals surface area (Å²) < 4.78 is 17.0. The molecule has 8 heteroatoms. The normalized spacial score (nSPS) is 27.9. The molecule has 0 spiro atoms. The van der Waals surface area contributed by atoms with Crippen molar-refractivity contribution in [1.29, 1.82) is 0 Å². The Labute approximate surface area is 174 Å². The van der Waals surface area contributed by atoms with Crippen molar-refractivity contribution < 1.29 is 9.50 Å². The second-order valence-electron chi connectivity index (χ2n) is 8.54. The molecule has 0 aliphatic carbocycles. The summed E-state index contributed by atoms with van der Waals surface area (Å²) in [4.78, 5) is 14.9. The Morgan fingerprint density at radius 3 is 2.87 bits per heavy atom. The van der Waals surface area contributed by atoms with E-state index in [1.54, 1.807) is 37.1 Å². The maximum atomic E-state index is 15.2. The number of imidazole rings is 1. The molecule has 2 aromatic heterocycles. The molecule has 156 valence electrons. The second-order valence-corrected chi connectivity index (χ2v) is 8.54. The highest BCUT2D eigenvalue weighted by molar-refractivity contribution is 5.68. The number of phenols is 1. The van der Waals surface area contributed by atoms with E-state index in [0.717, 1.165) is 24.9 Å². The Bertz CT molecular complexity index is 1040. The molecule has 1 aromatic carbocycles. The molecule has 2 fully saturated rings. The lowest BCUT2D eigenvalue weighted by Crippen LogP contribution is -2.62. The van der Waals surface area contributed by atoms with E-state index < -0.39 is 11.7 Å². The number of benzene rings is 1. The molecule has 1 unspecified atom stereocenters. The standard InChI is InChI=1S/C22H25FN6O/c1-22-6-5-14(27-22)9-18(21(22)23)28(2)20-12-25-17(11-26-20)16-4-3-15(10-19(16)30)29-8-7-24-13-29/h3-4,7-8,10-14,18,21,27,30H,5-6,9H2,1-2H3/t14?,18-,21-,22+/m0/s1. The highest BCUT2D eigenvalue weighted by atomic mass is 19.1. The van der Waals surface area contributed by atoms with Gasteiger partial charge in [0.1, 0.15) is 17.7 Å². The third-order valence-corrected chi connectivity index (χ3v) is 6.58. The van der Waals surface area contributed by atoms with Gasteiger partial charge in [-0.2, -0.15) is 0 Å². The second kappa shape index (κ2) is 7.05. The van der Waals surface area contributed by atoms with Crippen LogP contribution in [0.5, 0.6) is 5.75 Å². The zero-order chi connectivity index (χ0) is 20.9. The molecule has 30 heavy (non-hydrogen) atoms. The number of rotatable bonds is 4. The fourth-order valence-corrected chi connectivity index (χ4v) is 4.79. The molecule has 2 aliphatic rings. The van der Waals surface area contributed by atoms with Gasteiger partial charge in [0.15, 0.2) is 0 Å². The van der Waals surface area contributed by atoms with E-state index >= 15 is 4.39 Å². The van der Waals surface area contributed by atoms with Gasteiger partial charge in [0.05, 0.1) is 36.1 Å². The Kier molecular flexibility index (Phi) is 4.47. The molecule has 2 saturated heterocycles. The van der Waals surface area contributed by atoms with Crippen LogP contribution in [0.25, 0.3) is 16.9 Å². The summed E-state index contributed by atoms with van der Waals surface area (Å²) in [6, 6.07) is 5.48. The van der Waals surface area contributed by atoms with E-state index in [9.17, 15) is 5.11 Å². The lowest BCUT2D eigenvalue weighted by Gasteiger charge is -2.44. The lowest BCUT2D eigenvalue weighted by atomic mass is 9.86. The number of fused-ring (bicyclic) bond motifs is 2. The van der Waals surface area contributed by atoms with Gasteiger partial charge < -0.3 is 19.9 Å². The van der Waals surface area contributed by atoms with Crippen LogP contribution in [0.1, 0.15) is 26.2 Å². The van der Waals surface area contributed by atoms with Crippen molar-refractivity contribution in [3.05, 3.63) is 49.3 Å². The van der Waals surface area contributed by atoms with Gasteiger partial charge in [-0.05, 0) is 38.3 Å². The SMILES string of the molecule is CN(c1cnc(-c2ccc(-n3ccnc3)cc2O)cn1)[C@H]1CC2CC[C@@](C)(N2)[C@H]1F. The Balaban J connectivity index is 1.37. The molecule has 7 nitrogen and oxygen atoms in total. The Hall–Kier alpha value is -3.00. The molecular weight excluding hydrogens is 383 g/mol. The van der Waals surface area contributed by atoms with Crippen molar-refractivity contribution >= 4 is 5.82 Å². The van der Waals surface area contributed by atoms with Gasteiger partial charge in [-0.3, -0.25) is 4.98 Å². The first-order valence-electron chi connectivity index (χ1n) is 10.2. The molecule has 0 saturated carbocycles. The van der Waals surface area contributed by atoms with Crippen LogP contribution in [0.4, 0.5) is 10.2 Å². The van der Waals surface area contributed by atoms with E-state index in [1.807, 2.05) is 35.7 Å². The maximum absolute atomic E-state index is 15.2. The quantitative estimate of drug-likeness (QED) is 0.691. The van der Waals surface area contributed by atoms with Crippen molar-refractivity contribution in [2.45, 2.75) is 50.0 Å². The third-order valence-electron chi connectivity index (χ3n) is 6.58. The van der Waals surface area contributed by atoms with E-state index in [4.69, 9.17) is 0 Å². The first kappa shape index (κ1) is 19.0. The minimum absolute atomic E-state index is 0.114. The molecule has 2 aliphatic heterocycles. The molecule has 2 N–H and O–H groups in total. The van der Waals surface area contributed by atoms with E-state index in [2.05, 4.69) is 20.3 Å². The topological polar surface area (TPSA) is 79.1 Å². The fourth-order valence-electron chi connectivity index (χ4n) is 4.79. The Morgan fingerprint density at radius 1 is 1.30 bits per heavy atom.